The van der Waals surface area contributed by atoms with Gasteiger partial charge in [0.05, 0.1) is 11.8 Å². The Labute approximate surface area is 160 Å². The maximum absolute atomic E-state index is 13.0. The maximum atomic E-state index is 13.0. The van der Waals surface area contributed by atoms with Crippen molar-refractivity contribution in [1.82, 2.24) is 24.6 Å². The number of nitrogens with zero attached hydrogens (tertiary/aromatic N) is 6. The Morgan fingerprint density at radius 2 is 1.82 bits per heavy atom. The second kappa shape index (κ2) is 7.06. The van der Waals surface area contributed by atoms with Gasteiger partial charge in [-0.3, -0.25) is 9.48 Å². The van der Waals surface area contributed by atoms with Crippen molar-refractivity contribution in [1.29, 1.82) is 0 Å². The summed E-state index contributed by atoms with van der Waals surface area (Å²) in [4.78, 5) is 23.8. The first kappa shape index (κ1) is 18.7. The van der Waals surface area contributed by atoms with Gasteiger partial charge >= 0.3 is 6.18 Å². The van der Waals surface area contributed by atoms with Gasteiger partial charge in [0.1, 0.15) is 17.8 Å². The highest BCUT2D eigenvalue weighted by Gasteiger charge is 2.39. The minimum atomic E-state index is -4.49. The molecule has 0 spiro atoms. The Kier molecular flexibility index (Phi) is 4.72. The van der Waals surface area contributed by atoms with Gasteiger partial charge in [0, 0.05) is 44.5 Å². The molecular weight excluding hydrogens is 373 g/mol. The van der Waals surface area contributed by atoms with E-state index in [0.29, 0.717) is 37.3 Å². The van der Waals surface area contributed by atoms with Gasteiger partial charge in [0.2, 0.25) is 0 Å². The number of rotatable bonds is 4. The average Bonchev–Trinajstić information content (AvgIpc) is 3.41. The van der Waals surface area contributed by atoms with Gasteiger partial charge in [-0.05, 0) is 25.7 Å². The quantitative estimate of drug-likeness (QED) is 0.797. The topological polar surface area (TPSA) is 67.2 Å². The van der Waals surface area contributed by atoms with Crippen molar-refractivity contribution in [3.8, 4) is 0 Å². The normalized spacial score (nSPS) is 18.4. The molecule has 7 nitrogen and oxygen atoms in total. The van der Waals surface area contributed by atoms with E-state index >= 15 is 0 Å². The molecule has 150 valence electrons. The summed E-state index contributed by atoms with van der Waals surface area (Å²) < 4.78 is 40.7. The first-order chi connectivity index (χ1) is 13.3. The molecule has 2 aromatic rings. The Morgan fingerprint density at radius 3 is 2.39 bits per heavy atom. The van der Waals surface area contributed by atoms with Crippen LogP contribution in [0.1, 0.15) is 41.7 Å². The fraction of sp³-hybridized carbons (Fsp3) is 0.556. The van der Waals surface area contributed by atoms with Crippen LogP contribution in [0.3, 0.4) is 0 Å². The second-order valence-corrected chi connectivity index (χ2v) is 7.32. The molecule has 0 N–H and O–H groups in total. The van der Waals surface area contributed by atoms with Crippen LogP contribution >= 0.6 is 0 Å². The Morgan fingerprint density at radius 1 is 1.14 bits per heavy atom. The molecular formula is C18H21F3N6O. The smallest absolute Gasteiger partial charge is 0.350 e. The van der Waals surface area contributed by atoms with Gasteiger partial charge in [-0.2, -0.15) is 18.3 Å². The fourth-order valence-corrected chi connectivity index (χ4v) is 3.73. The summed E-state index contributed by atoms with van der Waals surface area (Å²) in [6.45, 7) is 1.11. The molecule has 28 heavy (non-hydrogen) atoms. The summed E-state index contributed by atoms with van der Waals surface area (Å²) >= 11 is 0. The third-order valence-corrected chi connectivity index (χ3v) is 5.24. The number of anilines is 1. The van der Waals surface area contributed by atoms with Crippen LogP contribution in [0.15, 0.2) is 24.8 Å². The molecule has 1 saturated carbocycles. The number of carbonyl (C=O) groups excluding carboxylic acids is 1. The first-order valence-electron chi connectivity index (χ1n) is 9.28. The Bertz CT molecular complexity index is 855. The van der Waals surface area contributed by atoms with Gasteiger partial charge in [-0.25, -0.2) is 9.97 Å². The van der Waals surface area contributed by atoms with E-state index in [1.165, 1.54) is 0 Å². The van der Waals surface area contributed by atoms with Crippen molar-refractivity contribution in [2.24, 2.45) is 7.05 Å². The lowest BCUT2D eigenvalue weighted by Gasteiger charge is -2.39. The van der Waals surface area contributed by atoms with E-state index in [2.05, 4.69) is 15.1 Å². The van der Waals surface area contributed by atoms with Crippen molar-refractivity contribution >= 4 is 11.7 Å². The SMILES string of the molecule is Cn1cc(C(=O)N2CCC(N(c3cc(C(F)(F)F)ncn3)C3CC3)CC2)cn1. The number of likely N-dealkylation sites (tertiary alicyclic amines) is 1. The monoisotopic (exact) mass is 394 g/mol. The van der Waals surface area contributed by atoms with Crippen molar-refractivity contribution in [3.05, 3.63) is 36.0 Å². The van der Waals surface area contributed by atoms with E-state index in [1.807, 2.05) is 4.90 Å². The van der Waals surface area contributed by atoms with Gasteiger partial charge in [0.25, 0.3) is 5.91 Å². The molecule has 2 fully saturated rings. The summed E-state index contributed by atoms with van der Waals surface area (Å²) in [5, 5.41) is 4.03. The Balaban J connectivity index is 1.47. The minimum Gasteiger partial charge on any atom is -0.350 e. The second-order valence-electron chi connectivity index (χ2n) is 7.32. The van der Waals surface area contributed by atoms with Crippen molar-refractivity contribution in [2.45, 2.75) is 43.9 Å². The molecule has 4 rings (SSSR count). The van der Waals surface area contributed by atoms with E-state index in [-0.39, 0.29) is 18.0 Å². The minimum absolute atomic E-state index is 0.0569. The van der Waals surface area contributed by atoms with Crippen LogP contribution in [-0.2, 0) is 13.2 Å². The number of carbonyl (C=O) groups is 1. The molecule has 1 amide bonds. The van der Waals surface area contributed by atoms with Crippen molar-refractivity contribution in [3.63, 3.8) is 0 Å². The van der Waals surface area contributed by atoms with Gasteiger partial charge < -0.3 is 9.80 Å². The van der Waals surface area contributed by atoms with Crippen LogP contribution < -0.4 is 4.90 Å². The largest absolute Gasteiger partial charge is 0.433 e. The summed E-state index contributed by atoms with van der Waals surface area (Å²) in [7, 11) is 1.76. The molecule has 3 heterocycles. The van der Waals surface area contributed by atoms with Crippen molar-refractivity contribution in [2.75, 3.05) is 18.0 Å². The molecule has 0 radical (unpaired) electrons. The number of hydrogen-bond donors (Lipinski definition) is 0. The zero-order valence-electron chi connectivity index (χ0n) is 15.4. The molecule has 0 atom stereocenters. The molecule has 0 bridgehead atoms. The summed E-state index contributed by atoms with van der Waals surface area (Å²) in [5.41, 5.74) is -0.377. The van der Waals surface area contributed by atoms with Crippen molar-refractivity contribution < 1.29 is 18.0 Å². The third kappa shape index (κ3) is 3.81. The van der Waals surface area contributed by atoms with Crippen LogP contribution in [0.5, 0.6) is 0 Å². The Hall–Kier alpha value is -2.65. The molecule has 10 heteroatoms. The number of halogens is 3. The number of amides is 1. The fourth-order valence-electron chi connectivity index (χ4n) is 3.73. The molecule has 2 aliphatic rings. The summed E-state index contributed by atoms with van der Waals surface area (Å²) in [6.07, 6.45) is 2.98. The van der Waals surface area contributed by atoms with Crippen LogP contribution in [0.25, 0.3) is 0 Å². The molecule has 1 aliphatic carbocycles. The lowest BCUT2D eigenvalue weighted by Crippen LogP contribution is -2.48. The highest BCUT2D eigenvalue weighted by molar-refractivity contribution is 5.93. The number of aryl methyl sites for hydroxylation is 1. The predicted molar refractivity (Wildman–Crippen MR) is 94.7 cm³/mol. The van der Waals surface area contributed by atoms with Gasteiger partial charge in [-0.1, -0.05) is 0 Å². The van der Waals surface area contributed by atoms with Gasteiger partial charge in [-0.15, -0.1) is 0 Å². The van der Waals surface area contributed by atoms with E-state index in [0.717, 1.165) is 25.2 Å². The predicted octanol–water partition coefficient (Wildman–Crippen LogP) is 2.50. The van der Waals surface area contributed by atoms with E-state index in [9.17, 15) is 18.0 Å². The van der Waals surface area contributed by atoms with Crippen LogP contribution in [0, 0.1) is 0 Å². The van der Waals surface area contributed by atoms with E-state index in [4.69, 9.17) is 0 Å². The number of aromatic nitrogens is 4. The zero-order chi connectivity index (χ0) is 19.9. The average molecular weight is 394 g/mol. The molecule has 0 unspecified atom stereocenters. The standard InChI is InChI=1S/C18H21F3N6O/c1-25-10-12(9-24-25)17(28)26-6-4-14(5-7-26)27(13-2-3-13)16-8-15(18(19,20)21)22-11-23-16/h8-11,13-14H,2-7H2,1H3. The number of alkyl halides is 3. The van der Waals surface area contributed by atoms with Crippen LogP contribution in [-0.4, -0.2) is 55.7 Å². The third-order valence-electron chi connectivity index (χ3n) is 5.24. The van der Waals surface area contributed by atoms with Gasteiger partial charge in [0.15, 0.2) is 0 Å². The zero-order valence-corrected chi connectivity index (χ0v) is 15.4. The highest BCUT2D eigenvalue weighted by atomic mass is 19.4. The summed E-state index contributed by atoms with van der Waals surface area (Å²) in [6, 6.07) is 1.30. The highest BCUT2D eigenvalue weighted by Crippen LogP contribution is 2.37. The number of piperidine rings is 1. The lowest BCUT2D eigenvalue weighted by atomic mass is 10.0. The van der Waals surface area contributed by atoms with Crippen LogP contribution in [0.2, 0.25) is 0 Å². The first-order valence-corrected chi connectivity index (χ1v) is 9.28. The van der Waals surface area contributed by atoms with Crippen LogP contribution in [0.4, 0.5) is 19.0 Å². The maximum Gasteiger partial charge on any atom is 0.433 e. The lowest BCUT2D eigenvalue weighted by molar-refractivity contribution is -0.141. The molecule has 1 saturated heterocycles. The summed E-state index contributed by atoms with van der Waals surface area (Å²) in [5.74, 6) is 0.257. The van der Waals surface area contributed by atoms with E-state index < -0.39 is 11.9 Å². The molecule has 0 aromatic carbocycles. The number of hydrogen-bond acceptors (Lipinski definition) is 5. The molecule has 1 aliphatic heterocycles. The molecule has 2 aromatic heterocycles. The van der Waals surface area contributed by atoms with E-state index in [1.54, 1.807) is 29.0 Å².